The smallest absolute Gasteiger partial charge is 0.355 e. The molecule has 0 bridgehead atoms. The van der Waals surface area contributed by atoms with E-state index in [1.807, 2.05) is 30.3 Å². The first-order valence-corrected chi connectivity index (χ1v) is 27.2. The highest BCUT2D eigenvalue weighted by atomic mass is 32.2. The van der Waals surface area contributed by atoms with Gasteiger partial charge in [0.15, 0.2) is 11.1 Å². The topological polar surface area (TPSA) is 358 Å². The molecule has 4 atom stereocenters. The Morgan fingerprint density at radius 1 is 0.914 bits per heavy atom. The van der Waals surface area contributed by atoms with E-state index in [1.54, 1.807) is 43.5 Å². The minimum atomic E-state index is -4.16. The predicted molar refractivity (Wildman–Crippen MR) is 303 cm³/mol. The van der Waals surface area contributed by atoms with E-state index in [4.69, 9.17) is 38.1 Å². The van der Waals surface area contributed by atoms with Crippen LogP contribution in [0.2, 0.25) is 0 Å². The summed E-state index contributed by atoms with van der Waals surface area (Å²) in [6, 6.07) is 24.6. The van der Waals surface area contributed by atoms with Gasteiger partial charge in [-0.05, 0) is 103 Å². The number of esters is 2. The Hall–Kier alpha value is -9.69. The number of para-hydroxylation sites is 1. The van der Waals surface area contributed by atoms with Crippen LogP contribution in [0.5, 0.6) is 0 Å². The molecule has 7 aromatic rings. The number of aromatic nitrogens is 4. The maximum absolute atomic E-state index is 14.5. The first kappa shape index (κ1) is 56.0. The molecule has 12 N–H and O–H groups in total. The molecule has 0 saturated carbocycles. The number of hydrogen-bond acceptors (Lipinski definition) is 14. The van der Waals surface area contributed by atoms with Crippen molar-refractivity contribution in [2.24, 2.45) is 22.4 Å². The van der Waals surface area contributed by atoms with Crippen molar-refractivity contribution in [1.82, 2.24) is 35.5 Å². The normalized spacial score (nSPS) is 15.3. The van der Waals surface area contributed by atoms with E-state index in [0.29, 0.717) is 28.5 Å². The molecule has 26 heteroatoms. The predicted octanol–water partition coefficient (Wildman–Crippen LogP) is 5.14. The van der Waals surface area contributed by atoms with Gasteiger partial charge in [-0.25, -0.2) is 37.8 Å². The second kappa shape index (κ2) is 23.3. The highest BCUT2D eigenvalue weighted by Crippen LogP contribution is 2.41. The number of benzene rings is 4. The van der Waals surface area contributed by atoms with Crippen molar-refractivity contribution in [2.45, 2.75) is 81.8 Å². The largest absolute Gasteiger partial charge is 0.481 e. The highest BCUT2D eigenvalue weighted by Gasteiger charge is 2.51. The molecule has 0 spiro atoms. The third kappa shape index (κ3) is 12.5. The number of guanidine groups is 1. The summed E-state index contributed by atoms with van der Waals surface area (Å²) < 4.78 is 42.3. The molecule has 5 heterocycles. The molecule has 1 unspecified atom stereocenters. The van der Waals surface area contributed by atoms with Gasteiger partial charge in [0.05, 0.1) is 58.4 Å². The molecule has 2 aliphatic rings. The van der Waals surface area contributed by atoms with Crippen molar-refractivity contribution in [2.75, 3.05) is 15.4 Å². The van der Waals surface area contributed by atoms with Crippen molar-refractivity contribution in [3.63, 3.8) is 0 Å². The Bertz CT molecular complexity index is 3830. The molecule has 81 heavy (non-hydrogen) atoms. The lowest BCUT2D eigenvalue weighted by Crippen LogP contribution is -2.56. The van der Waals surface area contributed by atoms with Crippen LogP contribution in [0.3, 0.4) is 0 Å². The van der Waals surface area contributed by atoms with Gasteiger partial charge >= 0.3 is 23.9 Å². The Labute approximate surface area is 468 Å². The standard InChI is InChI=1S/C55H55N13O11S2/c1-4-55(40-23-44-47-32(19-30-9-5-6-14-41(30)63-47)26-68(44)49(72)39(40)27-78-51(55)74)79-50(73)46(29(2)3)66-48(71)43(22-37-25-58-28-59-37)65-54(80)62-34-17-15-33(16-18-34)61-53(75)64-42(24-45(69)70)31-10-7-12-36(20-31)67-81(76,77)38-13-8-11-35(21-38)60-52(56)57/h5-21,23,25,28-29,42-43,46,67H,4,22,24,26-27H2,1-3H3,(H,58,59)(H,66,71)(H,69,70)(H4,56,57,60)(H2,61,64,75)(H2,62,65,80)/t42?,43-,46+,55-/m0/s1. The minimum Gasteiger partial charge on any atom is -0.481 e. The molecular formula is C55H55N13O11S2. The second-order valence-electron chi connectivity index (χ2n) is 19.4. The van der Waals surface area contributed by atoms with Crippen LogP contribution in [-0.4, -0.2) is 86.0 Å². The fraction of sp³-hybridized carbons (Fsp3) is 0.236. The number of nitrogens with two attached hydrogens (primary N) is 2. The summed E-state index contributed by atoms with van der Waals surface area (Å²) >= 11 is 5.66. The molecule has 418 valence electrons. The van der Waals surface area contributed by atoms with Gasteiger partial charge in [-0.15, -0.1) is 0 Å². The number of fused-ring (bicyclic) bond motifs is 5. The number of carbonyl (C=O) groups excluding carboxylic acids is 4. The number of urea groups is 1. The third-order valence-corrected chi connectivity index (χ3v) is 15.1. The van der Waals surface area contributed by atoms with Gasteiger partial charge in [-0.3, -0.25) is 19.1 Å². The molecule has 2 aliphatic heterocycles. The van der Waals surface area contributed by atoms with Gasteiger partial charge in [0.1, 0.15) is 18.7 Å². The number of pyridine rings is 2. The van der Waals surface area contributed by atoms with E-state index in [9.17, 15) is 42.3 Å². The highest BCUT2D eigenvalue weighted by molar-refractivity contribution is 7.92. The van der Waals surface area contributed by atoms with Gasteiger partial charge in [-0.2, -0.15) is 0 Å². The van der Waals surface area contributed by atoms with E-state index < -0.39 is 81.5 Å². The number of nitrogens with one attached hydrogen (secondary N) is 7. The number of H-pyrrole nitrogens is 1. The number of cyclic esters (lactones) is 1. The van der Waals surface area contributed by atoms with Crippen LogP contribution in [-0.2, 0) is 63.8 Å². The van der Waals surface area contributed by atoms with Gasteiger partial charge < -0.3 is 62.2 Å². The van der Waals surface area contributed by atoms with E-state index >= 15 is 0 Å². The number of amides is 3. The Morgan fingerprint density at radius 3 is 2.36 bits per heavy atom. The summed E-state index contributed by atoms with van der Waals surface area (Å²) in [5.74, 6) is -4.56. The van der Waals surface area contributed by atoms with Crippen LogP contribution in [0, 0.1) is 5.92 Å². The maximum Gasteiger partial charge on any atom is 0.355 e. The molecule has 24 nitrogen and oxygen atoms in total. The molecular weight excluding hydrogens is 1080 g/mol. The van der Waals surface area contributed by atoms with Crippen molar-refractivity contribution < 1.29 is 47.0 Å². The first-order valence-electron chi connectivity index (χ1n) is 25.3. The van der Waals surface area contributed by atoms with Crippen LogP contribution in [0.25, 0.3) is 22.3 Å². The zero-order chi connectivity index (χ0) is 57.8. The van der Waals surface area contributed by atoms with Gasteiger partial charge in [-0.1, -0.05) is 57.2 Å². The number of carboxylic acids is 1. The number of carboxylic acid groups (broad SMARTS) is 1. The van der Waals surface area contributed by atoms with Crippen LogP contribution in [0.1, 0.15) is 67.6 Å². The average Bonchev–Trinajstić information content (AvgIpc) is 3.95. The average molecular weight is 1140 g/mol. The van der Waals surface area contributed by atoms with E-state index in [2.05, 4.69) is 46.3 Å². The Kier molecular flexibility index (Phi) is 16.1. The second-order valence-corrected chi connectivity index (χ2v) is 21.5. The molecule has 0 saturated heterocycles. The molecule has 0 fully saturated rings. The van der Waals surface area contributed by atoms with Gasteiger partial charge in [0, 0.05) is 51.9 Å². The number of thiocarbonyl (C=S) groups is 1. The SMILES string of the molecule is CC[C@@]1(OC(=O)[C@H](NC(=O)[C@H](Cc2cnc[nH]2)NC(=S)Nc2ccc(NC(=O)NC(CC(=O)O)c3cccc(NS(=O)(=O)c4cccc(N=C(N)N)c4)c3)cc2)C(C)C)C(=O)OCc2c1cc1n(c2=O)Cc2cc3ccccc3nc2-1. The molecule has 3 aromatic heterocycles. The molecule has 9 rings (SSSR count). The van der Waals surface area contributed by atoms with Crippen LogP contribution in [0.15, 0.2) is 136 Å². The molecule has 3 amide bonds. The number of anilines is 3. The van der Waals surface area contributed by atoms with E-state index in [-0.39, 0.29) is 70.0 Å². The lowest BCUT2D eigenvalue weighted by molar-refractivity contribution is -0.191. The number of aliphatic imine (C=N–C) groups is 1. The first-order chi connectivity index (χ1) is 38.7. The van der Waals surface area contributed by atoms with E-state index in [1.165, 1.54) is 73.2 Å². The maximum atomic E-state index is 14.5. The lowest BCUT2D eigenvalue weighted by Gasteiger charge is -2.37. The number of aliphatic carboxylic acids is 1. The summed E-state index contributed by atoms with van der Waals surface area (Å²) in [4.78, 5) is 97.8. The Morgan fingerprint density at radius 2 is 1.65 bits per heavy atom. The minimum absolute atomic E-state index is 0.00772. The number of ether oxygens (including phenoxy) is 2. The zero-order valence-electron chi connectivity index (χ0n) is 43.7. The van der Waals surface area contributed by atoms with Crippen LogP contribution >= 0.6 is 12.2 Å². The fourth-order valence-electron chi connectivity index (χ4n) is 9.51. The number of carbonyl (C=O) groups is 5. The number of hydrogen-bond donors (Lipinski definition) is 10. The third-order valence-electron chi connectivity index (χ3n) is 13.5. The number of sulfonamides is 1. The number of rotatable bonds is 19. The summed E-state index contributed by atoms with van der Waals surface area (Å²) in [7, 11) is -4.16. The fourth-order valence-corrected chi connectivity index (χ4v) is 10.9. The molecule has 4 aromatic carbocycles. The van der Waals surface area contributed by atoms with Crippen molar-refractivity contribution in [3.05, 3.63) is 160 Å². The van der Waals surface area contributed by atoms with Gasteiger partial charge in [0.25, 0.3) is 15.6 Å². The van der Waals surface area contributed by atoms with Gasteiger partial charge in [0.2, 0.25) is 11.5 Å². The van der Waals surface area contributed by atoms with Crippen LogP contribution in [0.4, 0.5) is 27.5 Å². The summed E-state index contributed by atoms with van der Waals surface area (Å²) in [5, 5.41) is 24.7. The monoisotopic (exact) mass is 1140 g/mol. The summed E-state index contributed by atoms with van der Waals surface area (Å²) in [6.07, 6.45) is 2.32. The van der Waals surface area contributed by atoms with Crippen molar-refractivity contribution in [1.29, 1.82) is 0 Å². The van der Waals surface area contributed by atoms with Crippen LogP contribution < -0.4 is 48.3 Å². The number of aromatic amines is 1. The number of imidazole rings is 1. The van der Waals surface area contributed by atoms with E-state index in [0.717, 1.165) is 16.5 Å². The molecule has 0 aliphatic carbocycles. The summed E-state index contributed by atoms with van der Waals surface area (Å²) in [6.45, 7) is 4.95. The quantitative estimate of drug-likeness (QED) is 0.0217. The Balaban J connectivity index is 0.852. The van der Waals surface area contributed by atoms with Crippen molar-refractivity contribution in [3.8, 4) is 11.4 Å². The lowest BCUT2D eigenvalue weighted by atomic mass is 9.85. The zero-order valence-corrected chi connectivity index (χ0v) is 45.3. The number of nitrogens with zero attached hydrogens (tertiary/aromatic N) is 4. The summed E-state index contributed by atoms with van der Waals surface area (Å²) in [5.41, 5.74) is 13.2. The molecule has 0 radical (unpaired) electrons. The van der Waals surface area contributed by atoms with Crippen molar-refractivity contribution >= 4 is 96.8 Å².